The zero-order valence-electron chi connectivity index (χ0n) is 14.9. The fourth-order valence-electron chi connectivity index (χ4n) is 2.98. The van der Waals surface area contributed by atoms with Crippen LogP contribution < -0.4 is 5.32 Å². The van der Waals surface area contributed by atoms with Gasteiger partial charge in [-0.1, -0.05) is 18.2 Å². The Hall–Kier alpha value is -2.06. The van der Waals surface area contributed by atoms with Gasteiger partial charge in [0.25, 0.3) is 5.91 Å². The first-order chi connectivity index (χ1) is 13.3. The molecule has 2 aromatic rings. The summed E-state index contributed by atoms with van der Waals surface area (Å²) in [7, 11) is 0. The normalized spacial score (nSPS) is 16.9. The molecule has 1 atom stereocenters. The summed E-state index contributed by atoms with van der Waals surface area (Å²) < 4.78 is 58.1. The second kappa shape index (κ2) is 8.96. The number of hydrogen-bond donors (Lipinski definition) is 1. The van der Waals surface area contributed by atoms with Gasteiger partial charge in [0, 0.05) is 23.8 Å². The van der Waals surface area contributed by atoms with Crippen molar-refractivity contribution in [3.8, 4) is 0 Å². The van der Waals surface area contributed by atoms with Crippen molar-refractivity contribution in [2.24, 2.45) is 0 Å². The predicted octanol–water partition coefficient (Wildman–Crippen LogP) is 5.05. The van der Waals surface area contributed by atoms with E-state index in [2.05, 4.69) is 5.32 Å². The van der Waals surface area contributed by atoms with E-state index in [0.29, 0.717) is 17.4 Å². The van der Waals surface area contributed by atoms with E-state index in [1.807, 2.05) is 0 Å². The second-order valence-corrected chi connectivity index (χ2v) is 7.49. The number of thioether (sulfide) groups is 1. The third-order valence-corrected chi connectivity index (χ3v) is 5.60. The van der Waals surface area contributed by atoms with Crippen LogP contribution in [0.1, 0.15) is 34.3 Å². The van der Waals surface area contributed by atoms with Gasteiger partial charge in [0.15, 0.2) is 0 Å². The Labute approximate surface area is 164 Å². The highest BCUT2D eigenvalue weighted by molar-refractivity contribution is 7.99. The van der Waals surface area contributed by atoms with Crippen molar-refractivity contribution in [1.29, 1.82) is 0 Å². The average molecular weight is 413 g/mol. The summed E-state index contributed by atoms with van der Waals surface area (Å²) in [5.74, 6) is -0.744. The third-order valence-electron chi connectivity index (χ3n) is 4.40. The summed E-state index contributed by atoms with van der Waals surface area (Å²) in [6, 6.07) is 9.35. The molecule has 0 radical (unpaired) electrons. The van der Waals surface area contributed by atoms with Crippen LogP contribution in [-0.2, 0) is 17.5 Å². The number of hydrogen-bond acceptors (Lipinski definition) is 3. The van der Waals surface area contributed by atoms with Crippen LogP contribution >= 0.6 is 11.8 Å². The second-order valence-electron chi connectivity index (χ2n) is 6.42. The number of halogens is 4. The molecule has 28 heavy (non-hydrogen) atoms. The van der Waals surface area contributed by atoms with E-state index in [0.717, 1.165) is 36.5 Å². The molecule has 1 heterocycles. The van der Waals surface area contributed by atoms with Crippen LogP contribution in [0.5, 0.6) is 0 Å². The number of rotatable bonds is 6. The van der Waals surface area contributed by atoms with Gasteiger partial charge in [-0.2, -0.15) is 13.2 Å². The molecule has 1 amide bonds. The van der Waals surface area contributed by atoms with Crippen molar-refractivity contribution in [1.82, 2.24) is 5.32 Å². The lowest BCUT2D eigenvalue weighted by Crippen LogP contribution is -2.25. The van der Waals surface area contributed by atoms with Gasteiger partial charge in [0.2, 0.25) is 0 Å². The van der Waals surface area contributed by atoms with E-state index < -0.39 is 23.5 Å². The summed E-state index contributed by atoms with van der Waals surface area (Å²) in [6.45, 7) is 0.394. The van der Waals surface area contributed by atoms with Gasteiger partial charge in [0.1, 0.15) is 5.82 Å². The van der Waals surface area contributed by atoms with E-state index in [-0.39, 0.29) is 18.2 Å². The Morgan fingerprint density at radius 2 is 2.00 bits per heavy atom. The van der Waals surface area contributed by atoms with Crippen molar-refractivity contribution in [2.75, 3.05) is 12.4 Å². The first-order valence-corrected chi connectivity index (χ1v) is 9.80. The Bertz CT molecular complexity index is 835. The molecular formula is C20H19F4NO2S. The highest BCUT2D eigenvalue weighted by atomic mass is 32.2. The molecule has 1 aliphatic heterocycles. The largest absolute Gasteiger partial charge is 0.416 e. The highest BCUT2D eigenvalue weighted by Crippen LogP contribution is 2.32. The standard InChI is InChI=1S/C20H19F4NO2S/c21-14-8-7-13(17(10-14)20(22,23)24)11-25-19(26)16-5-1-2-6-18(16)28-12-15-4-3-9-27-15/h1-2,5-8,10,15H,3-4,9,11-12H2,(H,25,26). The molecule has 1 N–H and O–H groups in total. The van der Waals surface area contributed by atoms with E-state index >= 15 is 0 Å². The van der Waals surface area contributed by atoms with Crippen molar-refractivity contribution in [3.63, 3.8) is 0 Å². The molecule has 0 saturated carbocycles. The van der Waals surface area contributed by atoms with Crippen LogP contribution in [0.25, 0.3) is 0 Å². The molecular weight excluding hydrogens is 394 g/mol. The topological polar surface area (TPSA) is 38.3 Å². The molecule has 0 aromatic heterocycles. The number of amides is 1. The zero-order valence-corrected chi connectivity index (χ0v) is 15.7. The number of carbonyl (C=O) groups is 1. The smallest absolute Gasteiger partial charge is 0.377 e. The lowest BCUT2D eigenvalue weighted by atomic mass is 10.1. The Morgan fingerprint density at radius 3 is 2.71 bits per heavy atom. The number of alkyl halides is 3. The van der Waals surface area contributed by atoms with Crippen molar-refractivity contribution < 1.29 is 27.1 Å². The predicted molar refractivity (Wildman–Crippen MR) is 98.7 cm³/mol. The molecule has 1 fully saturated rings. The van der Waals surface area contributed by atoms with Gasteiger partial charge in [-0.05, 0) is 42.7 Å². The van der Waals surface area contributed by atoms with Gasteiger partial charge in [-0.3, -0.25) is 4.79 Å². The van der Waals surface area contributed by atoms with Gasteiger partial charge in [-0.15, -0.1) is 11.8 Å². The Kier molecular flexibility index (Phi) is 6.61. The van der Waals surface area contributed by atoms with Gasteiger partial charge in [0.05, 0.1) is 17.2 Å². The summed E-state index contributed by atoms with van der Waals surface area (Å²) in [5.41, 5.74) is -0.887. The fraction of sp³-hybridized carbons (Fsp3) is 0.350. The quantitative estimate of drug-likeness (QED) is 0.532. The summed E-state index contributed by atoms with van der Waals surface area (Å²) in [6.07, 6.45) is -2.55. The fourth-order valence-corrected chi connectivity index (χ4v) is 4.10. The molecule has 0 bridgehead atoms. The SMILES string of the molecule is O=C(NCc1ccc(F)cc1C(F)(F)F)c1ccccc1SCC1CCCO1. The molecule has 0 aliphatic carbocycles. The van der Waals surface area contributed by atoms with E-state index in [9.17, 15) is 22.4 Å². The third kappa shape index (κ3) is 5.26. The minimum absolute atomic E-state index is 0.148. The lowest BCUT2D eigenvalue weighted by Gasteiger charge is -2.15. The van der Waals surface area contributed by atoms with Gasteiger partial charge < -0.3 is 10.1 Å². The van der Waals surface area contributed by atoms with Crippen LogP contribution in [0, 0.1) is 5.82 Å². The Balaban J connectivity index is 1.69. The van der Waals surface area contributed by atoms with Crippen LogP contribution in [0.15, 0.2) is 47.4 Å². The number of carbonyl (C=O) groups excluding carboxylic acids is 1. The molecule has 150 valence electrons. The van der Waals surface area contributed by atoms with Crippen LogP contribution in [-0.4, -0.2) is 24.4 Å². The minimum atomic E-state index is -4.70. The highest BCUT2D eigenvalue weighted by Gasteiger charge is 2.33. The first-order valence-electron chi connectivity index (χ1n) is 8.82. The van der Waals surface area contributed by atoms with E-state index in [4.69, 9.17) is 4.74 Å². The van der Waals surface area contributed by atoms with Crippen molar-refractivity contribution >= 4 is 17.7 Å². The zero-order chi connectivity index (χ0) is 20.1. The maximum Gasteiger partial charge on any atom is 0.416 e. The van der Waals surface area contributed by atoms with Crippen LogP contribution in [0.2, 0.25) is 0 Å². The molecule has 8 heteroatoms. The molecule has 2 aromatic carbocycles. The molecule has 0 spiro atoms. The van der Waals surface area contributed by atoms with Crippen LogP contribution in [0.4, 0.5) is 17.6 Å². The van der Waals surface area contributed by atoms with Crippen molar-refractivity contribution in [3.05, 3.63) is 65.0 Å². The van der Waals surface area contributed by atoms with Crippen molar-refractivity contribution in [2.45, 2.75) is 36.6 Å². The van der Waals surface area contributed by atoms with Gasteiger partial charge >= 0.3 is 6.18 Å². The van der Waals surface area contributed by atoms with Gasteiger partial charge in [-0.25, -0.2) is 4.39 Å². The summed E-state index contributed by atoms with van der Waals surface area (Å²) in [5, 5.41) is 2.51. The minimum Gasteiger partial charge on any atom is -0.377 e. The Morgan fingerprint density at radius 1 is 1.21 bits per heavy atom. The number of ether oxygens (including phenoxy) is 1. The number of benzene rings is 2. The van der Waals surface area contributed by atoms with E-state index in [1.165, 1.54) is 11.8 Å². The average Bonchev–Trinajstić information content (AvgIpc) is 3.18. The maximum atomic E-state index is 13.2. The van der Waals surface area contributed by atoms with E-state index in [1.54, 1.807) is 24.3 Å². The maximum absolute atomic E-state index is 13.2. The molecule has 1 saturated heterocycles. The summed E-state index contributed by atoms with van der Waals surface area (Å²) >= 11 is 1.49. The first kappa shape index (κ1) is 20.7. The molecule has 3 rings (SSSR count). The molecule has 3 nitrogen and oxygen atoms in total. The molecule has 1 unspecified atom stereocenters. The number of nitrogens with one attached hydrogen (secondary N) is 1. The summed E-state index contributed by atoms with van der Waals surface area (Å²) in [4.78, 5) is 13.3. The lowest BCUT2D eigenvalue weighted by molar-refractivity contribution is -0.138. The van der Waals surface area contributed by atoms with Crippen LogP contribution in [0.3, 0.4) is 0 Å². The molecule has 1 aliphatic rings. The monoisotopic (exact) mass is 413 g/mol.